The minimum Gasteiger partial charge on any atom is -0.490 e. The second-order valence-corrected chi connectivity index (χ2v) is 5.83. The van der Waals surface area contributed by atoms with E-state index in [-0.39, 0.29) is 6.04 Å². The third kappa shape index (κ3) is 2.70. The number of ether oxygens (including phenoxy) is 1. The smallest absolute Gasteiger partial charge is 0.123 e. The van der Waals surface area contributed by atoms with E-state index in [9.17, 15) is 0 Å². The van der Waals surface area contributed by atoms with Crippen molar-refractivity contribution in [1.82, 2.24) is 0 Å². The molecule has 2 nitrogen and oxygen atoms in total. The summed E-state index contributed by atoms with van der Waals surface area (Å²) in [7, 11) is 0. The number of nitrogens with two attached hydrogens (primary N) is 1. The van der Waals surface area contributed by atoms with Crippen molar-refractivity contribution in [3.05, 3.63) is 53.6 Å². The number of hydrogen-bond acceptors (Lipinski definition) is 2. The third-order valence-electron chi connectivity index (χ3n) is 3.74. The van der Waals surface area contributed by atoms with Gasteiger partial charge in [-0.15, -0.1) is 0 Å². The average molecular weight is 267 g/mol. The van der Waals surface area contributed by atoms with Crippen molar-refractivity contribution in [3.63, 3.8) is 0 Å². The van der Waals surface area contributed by atoms with E-state index in [1.807, 2.05) is 6.92 Å². The highest BCUT2D eigenvalue weighted by molar-refractivity contribution is 5.66. The largest absolute Gasteiger partial charge is 0.490 e. The third-order valence-corrected chi connectivity index (χ3v) is 3.74. The highest BCUT2D eigenvalue weighted by atomic mass is 16.5. The van der Waals surface area contributed by atoms with Gasteiger partial charge in [0.15, 0.2) is 0 Å². The van der Waals surface area contributed by atoms with Crippen LogP contribution in [0.15, 0.2) is 42.5 Å². The van der Waals surface area contributed by atoms with Gasteiger partial charge < -0.3 is 10.5 Å². The summed E-state index contributed by atoms with van der Waals surface area (Å²) in [6.07, 6.45) is 2.23. The molecule has 2 heteroatoms. The predicted octanol–water partition coefficient (Wildman–Crippen LogP) is 3.57. The Bertz CT molecular complexity index is 601. The molecule has 0 aliphatic carbocycles. The molecule has 20 heavy (non-hydrogen) atoms. The molecule has 1 heterocycles. The van der Waals surface area contributed by atoms with Gasteiger partial charge in [-0.25, -0.2) is 0 Å². The first-order chi connectivity index (χ1) is 9.61. The molecule has 0 fully saturated rings. The molecule has 2 N–H and O–H groups in total. The van der Waals surface area contributed by atoms with Crippen molar-refractivity contribution in [2.45, 2.75) is 38.8 Å². The molecule has 0 spiro atoms. The van der Waals surface area contributed by atoms with Gasteiger partial charge in [-0.05, 0) is 54.7 Å². The van der Waals surface area contributed by atoms with E-state index in [1.165, 1.54) is 22.3 Å². The maximum atomic E-state index is 5.83. The minimum absolute atomic E-state index is 0.208. The Kier molecular flexibility index (Phi) is 3.49. The van der Waals surface area contributed by atoms with Gasteiger partial charge in [0.05, 0.1) is 0 Å². The summed E-state index contributed by atoms with van der Waals surface area (Å²) in [4.78, 5) is 0. The van der Waals surface area contributed by atoms with Crippen LogP contribution in [0.2, 0.25) is 0 Å². The topological polar surface area (TPSA) is 35.2 Å². The molecule has 3 rings (SSSR count). The Morgan fingerprint density at radius 3 is 2.55 bits per heavy atom. The highest BCUT2D eigenvalue weighted by Gasteiger charge is 2.19. The average Bonchev–Trinajstić information content (AvgIpc) is 2.78. The molecule has 0 amide bonds. The fourth-order valence-corrected chi connectivity index (χ4v) is 2.81. The molecule has 1 aliphatic heterocycles. The second-order valence-electron chi connectivity index (χ2n) is 5.83. The van der Waals surface area contributed by atoms with Crippen LogP contribution >= 0.6 is 0 Å². The quantitative estimate of drug-likeness (QED) is 0.922. The zero-order valence-corrected chi connectivity index (χ0v) is 12.1. The zero-order valence-electron chi connectivity index (χ0n) is 12.1. The van der Waals surface area contributed by atoms with Crippen LogP contribution < -0.4 is 10.5 Å². The lowest BCUT2D eigenvalue weighted by atomic mass is 9.99. The van der Waals surface area contributed by atoms with Crippen molar-refractivity contribution < 1.29 is 4.74 Å². The Morgan fingerprint density at radius 1 is 1.15 bits per heavy atom. The van der Waals surface area contributed by atoms with Gasteiger partial charge in [0.2, 0.25) is 0 Å². The van der Waals surface area contributed by atoms with Crippen LogP contribution in [0.25, 0.3) is 11.1 Å². The van der Waals surface area contributed by atoms with Crippen molar-refractivity contribution >= 4 is 0 Å². The zero-order chi connectivity index (χ0) is 14.1. The Morgan fingerprint density at radius 2 is 1.85 bits per heavy atom. The van der Waals surface area contributed by atoms with E-state index < -0.39 is 0 Å². The lowest BCUT2D eigenvalue weighted by molar-refractivity contribution is 0.254. The molecule has 104 valence electrons. The van der Waals surface area contributed by atoms with Crippen molar-refractivity contribution in [2.75, 3.05) is 0 Å². The van der Waals surface area contributed by atoms with Gasteiger partial charge in [0.1, 0.15) is 11.9 Å². The van der Waals surface area contributed by atoms with Gasteiger partial charge in [-0.2, -0.15) is 0 Å². The lowest BCUT2D eigenvalue weighted by Gasteiger charge is -2.08. The summed E-state index contributed by atoms with van der Waals surface area (Å²) in [5.41, 5.74) is 11.0. The van der Waals surface area contributed by atoms with E-state index in [0.717, 1.165) is 18.6 Å². The van der Waals surface area contributed by atoms with Crippen molar-refractivity contribution in [1.29, 1.82) is 0 Å². The first kappa shape index (κ1) is 13.2. The first-order valence-electron chi connectivity index (χ1n) is 7.26. The Balaban J connectivity index is 1.85. The lowest BCUT2D eigenvalue weighted by Crippen LogP contribution is -2.17. The van der Waals surface area contributed by atoms with Crippen LogP contribution in [0.3, 0.4) is 0 Å². The van der Waals surface area contributed by atoms with Crippen LogP contribution in [-0.4, -0.2) is 12.1 Å². The van der Waals surface area contributed by atoms with Crippen LogP contribution in [0.1, 0.15) is 25.0 Å². The van der Waals surface area contributed by atoms with Crippen molar-refractivity contribution in [3.8, 4) is 16.9 Å². The highest BCUT2D eigenvalue weighted by Crippen LogP contribution is 2.32. The van der Waals surface area contributed by atoms with Crippen LogP contribution in [-0.2, 0) is 12.8 Å². The molecule has 0 bridgehead atoms. The summed E-state index contributed by atoms with van der Waals surface area (Å²) in [6, 6.07) is 15.4. The fraction of sp³-hybridized carbons (Fsp3) is 0.333. The first-order valence-corrected chi connectivity index (χ1v) is 7.26. The molecule has 2 atom stereocenters. The number of hydrogen-bond donors (Lipinski definition) is 1. The number of fused-ring (bicyclic) bond motifs is 1. The van der Waals surface area contributed by atoms with E-state index in [4.69, 9.17) is 10.5 Å². The predicted molar refractivity (Wildman–Crippen MR) is 83.0 cm³/mol. The number of rotatable bonds is 3. The molecular formula is C18H21NO. The van der Waals surface area contributed by atoms with Gasteiger partial charge in [0, 0.05) is 12.5 Å². The molecule has 2 unspecified atom stereocenters. The molecular weight excluding hydrogens is 246 g/mol. The summed E-state index contributed by atoms with van der Waals surface area (Å²) in [5.74, 6) is 1.04. The summed E-state index contributed by atoms with van der Waals surface area (Å²) in [6.45, 7) is 4.15. The van der Waals surface area contributed by atoms with Crippen LogP contribution in [0.4, 0.5) is 0 Å². The van der Waals surface area contributed by atoms with E-state index in [0.29, 0.717) is 6.10 Å². The molecule has 1 aliphatic rings. The van der Waals surface area contributed by atoms with E-state index in [2.05, 4.69) is 49.4 Å². The molecule has 0 aromatic heterocycles. The number of benzene rings is 2. The maximum Gasteiger partial charge on any atom is 0.123 e. The van der Waals surface area contributed by atoms with E-state index in [1.54, 1.807) is 0 Å². The molecule has 0 saturated carbocycles. The summed E-state index contributed by atoms with van der Waals surface area (Å²) < 4.78 is 5.75. The molecule has 0 saturated heterocycles. The Hall–Kier alpha value is -1.80. The molecule has 2 aromatic carbocycles. The Labute approximate surface area is 120 Å². The van der Waals surface area contributed by atoms with Crippen LogP contribution in [0, 0.1) is 0 Å². The van der Waals surface area contributed by atoms with Crippen molar-refractivity contribution in [2.24, 2.45) is 5.73 Å². The van der Waals surface area contributed by atoms with Gasteiger partial charge in [-0.1, -0.05) is 30.3 Å². The standard InChI is InChI=1S/C18H21NO/c1-12(19)9-14-3-5-15(6-4-14)16-7-8-18-17(11-16)10-13(2)20-18/h3-8,11-13H,9-10,19H2,1-2H3. The molecule has 0 radical (unpaired) electrons. The van der Waals surface area contributed by atoms with Crippen LogP contribution in [0.5, 0.6) is 5.75 Å². The second kappa shape index (κ2) is 5.29. The minimum atomic E-state index is 0.208. The normalized spacial score (nSPS) is 18.4. The van der Waals surface area contributed by atoms with E-state index >= 15 is 0 Å². The maximum absolute atomic E-state index is 5.83. The monoisotopic (exact) mass is 267 g/mol. The summed E-state index contributed by atoms with van der Waals surface area (Å²) >= 11 is 0. The molecule has 2 aromatic rings. The fourth-order valence-electron chi connectivity index (χ4n) is 2.81. The van der Waals surface area contributed by atoms with Gasteiger partial charge >= 0.3 is 0 Å². The van der Waals surface area contributed by atoms with Gasteiger partial charge in [0.25, 0.3) is 0 Å². The summed E-state index contributed by atoms with van der Waals surface area (Å²) in [5, 5.41) is 0. The van der Waals surface area contributed by atoms with Gasteiger partial charge in [-0.3, -0.25) is 0 Å². The SMILES string of the molecule is CC(N)Cc1ccc(-c2ccc3c(c2)CC(C)O3)cc1.